The first kappa shape index (κ1) is 14.5. The fraction of sp³-hybridized carbons (Fsp3) is 0.600. The average molecular weight is 283 g/mol. The van der Waals surface area contributed by atoms with Crippen molar-refractivity contribution in [2.24, 2.45) is 0 Å². The second-order valence-corrected chi connectivity index (χ2v) is 5.59. The van der Waals surface area contributed by atoms with Gasteiger partial charge in [0.05, 0.1) is 12.3 Å². The summed E-state index contributed by atoms with van der Waals surface area (Å²) in [5.41, 5.74) is 1.02. The van der Waals surface area contributed by atoms with Gasteiger partial charge >= 0.3 is 0 Å². The molecule has 3 nitrogen and oxygen atoms in total. The molecule has 1 aromatic rings. The van der Waals surface area contributed by atoms with Crippen molar-refractivity contribution >= 4 is 17.3 Å². The third-order valence-electron chi connectivity index (χ3n) is 3.55. The number of rotatable bonds is 4. The van der Waals surface area contributed by atoms with Crippen LogP contribution < -0.4 is 10.1 Å². The molecule has 0 amide bonds. The molecule has 1 N–H and O–H groups in total. The predicted octanol–water partition coefficient (Wildman–Crippen LogP) is 3.63. The number of hydrogen-bond acceptors (Lipinski definition) is 3. The van der Waals surface area contributed by atoms with E-state index in [2.05, 4.69) is 17.3 Å². The molecule has 0 saturated carbocycles. The van der Waals surface area contributed by atoms with Gasteiger partial charge in [-0.25, -0.2) is 0 Å². The van der Waals surface area contributed by atoms with Gasteiger partial charge in [-0.1, -0.05) is 11.6 Å². The smallest absolute Gasteiger partial charge is 0.142 e. The zero-order chi connectivity index (χ0) is 13.7. The first-order valence-corrected chi connectivity index (χ1v) is 7.44. The number of benzene rings is 1. The summed E-state index contributed by atoms with van der Waals surface area (Å²) in [5.74, 6) is 0.893. The molecule has 4 heteroatoms. The SMILES string of the molecule is CCOc1ccc(Cl)cc1NC1CCCN(C)CC1. The van der Waals surface area contributed by atoms with Crippen LogP contribution in [0.3, 0.4) is 0 Å². The molecule has 0 bridgehead atoms. The summed E-state index contributed by atoms with van der Waals surface area (Å²) in [5, 5.41) is 4.35. The molecule has 2 rings (SSSR count). The van der Waals surface area contributed by atoms with Crippen LogP contribution in [0.2, 0.25) is 5.02 Å². The van der Waals surface area contributed by atoms with Crippen LogP contribution in [0, 0.1) is 0 Å². The van der Waals surface area contributed by atoms with Crippen molar-refractivity contribution in [3.63, 3.8) is 0 Å². The third kappa shape index (κ3) is 4.29. The summed E-state index contributed by atoms with van der Waals surface area (Å²) in [6, 6.07) is 6.28. The van der Waals surface area contributed by atoms with E-state index in [0.29, 0.717) is 12.6 Å². The molecule has 1 heterocycles. The Morgan fingerprint density at radius 1 is 1.37 bits per heavy atom. The van der Waals surface area contributed by atoms with Gasteiger partial charge in [0.1, 0.15) is 5.75 Å². The van der Waals surface area contributed by atoms with Crippen LogP contribution in [0.25, 0.3) is 0 Å². The van der Waals surface area contributed by atoms with Crippen LogP contribution in [0.15, 0.2) is 18.2 Å². The van der Waals surface area contributed by atoms with E-state index in [1.54, 1.807) is 0 Å². The van der Waals surface area contributed by atoms with Crippen molar-refractivity contribution in [2.45, 2.75) is 32.2 Å². The third-order valence-corrected chi connectivity index (χ3v) is 3.79. The summed E-state index contributed by atoms with van der Waals surface area (Å²) < 4.78 is 5.65. The second kappa shape index (κ2) is 7.01. The molecule has 1 aliphatic rings. The molecule has 0 aliphatic carbocycles. The largest absolute Gasteiger partial charge is 0.492 e. The molecule has 106 valence electrons. The van der Waals surface area contributed by atoms with Gasteiger partial charge in [0, 0.05) is 11.1 Å². The molecular weight excluding hydrogens is 260 g/mol. The van der Waals surface area contributed by atoms with E-state index in [0.717, 1.165) is 29.4 Å². The Balaban J connectivity index is 2.06. The van der Waals surface area contributed by atoms with Crippen molar-refractivity contribution in [1.82, 2.24) is 4.90 Å². The van der Waals surface area contributed by atoms with Crippen molar-refractivity contribution in [2.75, 3.05) is 32.1 Å². The number of ether oxygens (including phenoxy) is 1. The topological polar surface area (TPSA) is 24.5 Å². The monoisotopic (exact) mass is 282 g/mol. The summed E-state index contributed by atoms with van der Waals surface area (Å²) in [6.45, 7) is 5.00. The molecule has 1 saturated heterocycles. The van der Waals surface area contributed by atoms with Crippen LogP contribution in [-0.2, 0) is 0 Å². The average Bonchev–Trinajstić information content (AvgIpc) is 2.58. The lowest BCUT2D eigenvalue weighted by Crippen LogP contribution is -2.23. The summed E-state index contributed by atoms with van der Waals surface area (Å²) in [6.07, 6.45) is 3.59. The Morgan fingerprint density at radius 2 is 2.21 bits per heavy atom. The van der Waals surface area contributed by atoms with Crippen LogP contribution in [-0.4, -0.2) is 37.7 Å². The normalized spacial score (nSPS) is 20.9. The van der Waals surface area contributed by atoms with Gasteiger partial charge in [-0.3, -0.25) is 0 Å². The highest BCUT2D eigenvalue weighted by molar-refractivity contribution is 6.30. The maximum Gasteiger partial charge on any atom is 0.142 e. The van der Waals surface area contributed by atoms with Gasteiger partial charge in [-0.2, -0.15) is 0 Å². The van der Waals surface area contributed by atoms with Crippen LogP contribution in [0.1, 0.15) is 26.2 Å². The van der Waals surface area contributed by atoms with Gasteiger partial charge in [-0.15, -0.1) is 0 Å². The standard InChI is InChI=1S/C15H23ClN2O/c1-3-19-15-7-6-12(16)11-14(15)17-13-5-4-9-18(2)10-8-13/h6-7,11,13,17H,3-5,8-10H2,1-2H3. The van der Waals surface area contributed by atoms with E-state index in [9.17, 15) is 0 Å². The zero-order valence-corrected chi connectivity index (χ0v) is 12.5. The molecule has 0 aromatic heterocycles. The lowest BCUT2D eigenvalue weighted by atomic mass is 10.1. The van der Waals surface area contributed by atoms with E-state index in [-0.39, 0.29) is 0 Å². The highest BCUT2D eigenvalue weighted by Crippen LogP contribution is 2.30. The maximum atomic E-state index is 6.09. The predicted molar refractivity (Wildman–Crippen MR) is 81.4 cm³/mol. The van der Waals surface area contributed by atoms with Crippen molar-refractivity contribution < 1.29 is 4.74 Å². The van der Waals surface area contributed by atoms with Crippen LogP contribution in [0.4, 0.5) is 5.69 Å². The van der Waals surface area contributed by atoms with E-state index in [4.69, 9.17) is 16.3 Å². The summed E-state index contributed by atoms with van der Waals surface area (Å²) in [4.78, 5) is 2.39. The molecule has 0 radical (unpaired) electrons. The van der Waals surface area contributed by atoms with Gasteiger partial charge < -0.3 is 15.0 Å². The van der Waals surface area contributed by atoms with E-state index < -0.39 is 0 Å². The number of likely N-dealkylation sites (tertiary alicyclic amines) is 1. The van der Waals surface area contributed by atoms with Crippen LogP contribution >= 0.6 is 11.6 Å². The van der Waals surface area contributed by atoms with Crippen molar-refractivity contribution in [3.8, 4) is 5.75 Å². The number of anilines is 1. The first-order chi connectivity index (χ1) is 9.19. The van der Waals surface area contributed by atoms with E-state index in [1.807, 2.05) is 25.1 Å². The Bertz CT molecular complexity index is 411. The zero-order valence-electron chi connectivity index (χ0n) is 11.8. The highest BCUT2D eigenvalue weighted by atomic mass is 35.5. The molecule has 1 aromatic carbocycles. The van der Waals surface area contributed by atoms with Crippen molar-refractivity contribution in [1.29, 1.82) is 0 Å². The number of hydrogen-bond donors (Lipinski definition) is 1. The molecular formula is C15H23ClN2O. The highest BCUT2D eigenvalue weighted by Gasteiger charge is 2.16. The molecule has 1 aliphatic heterocycles. The fourth-order valence-corrected chi connectivity index (χ4v) is 2.67. The number of halogens is 1. The molecule has 19 heavy (non-hydrogen) atoms. The summed E-state index contributed by atoms with van der Waals surface area (Å²) in [7, 11) is 2.19. The van der Waals surface area contributed by atoms with Crippen LogP contribution in [0.5, 0.6) is 5.75 Å². The lowest BCUT2D eigenvalue weighted by molar-refractivity contribution is 0.340. The molecule has 0 spiro atoms. The Hall–Kier alpha value is -0.930. The maximum absolute atomic E-state index is 6.09. The Morgan fingerprint density at radius 3 is 3.00 bits per heavy atom. The summed E-state index contributed by atoms with van der Waals surface area (Å²) >= 11 is 6.09. The minimum absolute atomic E-state index is 0.502. The minimum atomic E-state index is 0.502. The Kier molecular flexibility index (Phi) is 5.34. The minimum Gasteiger partial charge on any atom is -0.492 e. The Labute approximate surface area is 120 Å². The van der Waals surface area contributed by atoms with Gasteiger partial charge in [-0.05, 0) is 64.5 Å². The van der Waals surface area contributed by atoms with Gasteiger partial charge in [0.2, 0.25) is 0 Å². The number of nitrogens with zero attached hydrogens (tertiary/aromatic N) is 1. The molecule has 1 atom stereocenters. The van der Waals surface area contributed by atoms with Gasteiger partial charge in [0.25, 0.3) is 0 Å². The first-order valence-electron chi connectivity index (χ1n) is 7.06. The number of nitrogens with one attached hydrogen (secondary N) is 1. The van der Waals surface area contributed by atoms with E-state index >= 15 is 0 Å². The quantitative estimate of drug-likeness (QED) is 0.913. The lowest BCUT2D eigenvalue weighted by Gasteiger charge is -2.20. The van der Waals surface area contributed by atoms with E-state index in [1.165, 1.54) is 19.4 Å². The van der Waals surface area contributed by atoms with Gasteiger partial charge in [0.15, 0.2) is 0 Å². The van der Waals surface area contributed by atoms with Crippen molar-refractivity contribution in [3.05, 3.63) is 23.2 Å². The molecule has 1 fully saturated rings. The fourth-order valence-electron chi connectivity index (χ4n) is 2.50. The molecule has 1 unspecified atom stereocenters. The second-order valence-electron chi connectivity index (χ2n) is 5.15.